The van der Waals surface area contributed by atoms with Crippen LogP contribution in [0, 0.1) is 6.92 Å². The van der Waals surface area contributed by atoms with Gasteiger partial charge in [-0.25, -0.2) is 4.98 Å². The Balaban J connectivity index is 1.52. The molecule has 4 rings (SSSR count). The summed E-state index contributed by atoms with van der Waals surface area (Å²) in [6.07, 6.45) is 3.54. The molecule has 0 aliphatic heterocycles. The van der Waals surface area contributed by atoms with Crippen LogP contribution in [0.5, 0.6) is 17.2 Å². The van der Waals surface area contributed by atoms with Crippen LogP contribution in [0.25, 0.3) is 11.0 Å². The molecule has 3 aromatic heterocycles. The second-order valence-corrected chi connectivity index (χ2v) is 7.13. The highest BCUT2D eigenvalue weighted by molar-refractivity contribution is 7.13. The minimum atomic E-state index is -0.157. The highest BCUT2D eigenvalue weighted by atomic mass is 32.1. The van der Waals surface area contributed by atoms with Crippen LogP contribution in [0.3, 0.4) is 0 Å². The van der Waals surface area contributed by atoms with Crippen molar-refractivity contribution in [1.82, 2.24) is 15.0 Å². The van der Waals surface area contributed by atoms with Gasteiger partial charge in [0.15, 0.2) is 10.9 Å². The summed E-state index contributed by atoms with van der Waals surface area (Å²) in [5.41, 5.74) is 3.06. The first-order valence-corrected chi connectivity index (χ1v) is 9.77. The molecular weight excluding hydrogens is 388 g/mol. The molecule has 1 amide bonds. The Kier molecular flexibility index (Phi) is 5.35. The average molecular weight is 406 g/mol. The number of amides is 1. The molecule has 0 saturated carbocycles. The van der Waals surface area contributed by atoms with Gasteiger partial charge in [0.2, 0.25) is 5.91 Å². The maximum Gasteiger partial charge on any atom is 0.230 e. The molecule has 0 radical (unpaired) electrons. The summed E-state index contributed by atoms with van der Waals surface area (Å²) < 4.78 is 11.5. The normalized spacial score (nSPS) is 10.7. The number of benzene rings is 1. The van der Waals surface area contributed by atoms with Gasteiger partial charge in [-0.2, -0.15) is 0 Å². The quantitative estimate of drug-likeness (QED) is 0.511. The van der Waals surface area contributed by atoms with Crippen molar-refractivity contribution in [1.29, 1.82) is 0 Å². The standard InChI is InChI=1S/C21H18N4O3S/c1-13-12-29-21(24-13)25-19(26)10-14-5-6-15(11-18(14)27-2)28-17-7-9-22-16-4-3-8-23-20(16)17/h3-9,11-12H,10H2,1-2H3,(H,24,25,26). The molecule has 7 nitrogen and oxygen atoms in total. The maximum absolute atomic E-state index is 12.3. The lowest BCUT2D eigenvalue weighted by atomic mass is 10.1. The Morgan fingerprint density at radius 1 is 1.14 bits per heavy atom. The third kappa shape index (κ3) is 4.33. The first-order valence-electron chi connectivity index (χ1n) is 8.89. The lowest BCUT2D eigenvalue weighted by Gasteiger charge is -2.12. The van der Waals surface area contributed by atoms with Crippen LogP contribution in [-0.2, 0) is 11.2 Å². The Morgan fingerprint density at radius 2 is 2.03 bits per heavy atom. The molecular formula is C21H18N4O3S. The van der Waals surface area contributed by atoms with E-state index in [2.05, 4.69) is 20.3 Å². The molecule has 0 saturated heterocycles. The number of fused-ring (bicyclic) bond motifs is 1. The van der Waals surface area contributed by atoms with Crippen molar-refractivity contribution in [3.8, 4) is 17.2 Å². The lowest BCUT2D eigenvalue weighted by molar-refractivity contribution is -0.115. The average Bonchev–Trinajstić information content (AvgIpc) is 3.13. The molecule has 0 unspecified atom stereocenters. The largest absolute Gasteiger partial charge is 0.496 e. The number of hydrogen-bond donors (Lipinski definition) is 1. The molecule has 0 bridgehead atoms. The molecule has 1 N–H and O–H groups in total. The fraction of sp³-hybridized carbons (Fsp3) is 0.143. The van der Waals surface area contributed by atoms with Crippen LogP contribution in [0.1, 0.15) is 11.3 Å². The minimum Gasteiger partial charge on any atom is -0.496 e. The summed E-state index contributed by atoms with van der Waals surface area (Å²) in [5.74, 6) is 1.59. The van der Waals surface area contributed by atoms with Crippen LogP contribution in [0.4, 0.5) is 5.13 Å². The first-order chi connectivity index (χ1) is 14.1. The second-order valence-electron chi connectivity index (χ2n) is 6.27. The van der Waals surface area contributed by atoms with Crippen molar-refractivity contribution in [2.45, 2.75) is 13.3 Å². The fourth-order valence-corrected chi connectivity index (χ4v) is 3.55. The van der Waals surface area contributed by atoms with Gasteiger partial charge in [-0.15, -0.1) is 11.3 Å². The molecule has 0 aliphatic rings. The van der Waals surface area contributed by atoms with Crippen LogP contribution < -0.4 is 14.8 Å². The van der Waals surface area contributed by atoms with E-state index < -0.39 is 0 Å². The van der Waals surface area contributed by atoms with Gasteiger partial charge in [-0.1, -0.05) is 6.07 Å². The summed E-state index contributed by atoms with van der Waals surface area (Å²) >= 11 is 1.40. The van der Waals surface area contributed by atoms with Gasteiger partial charge in [-0.05, 0) is 25.1 Å². The van der Waals surface area contributed by atoms with Gasteiger partial charge in [0.25, 0.3) is 0 Å². The van der Waals surface area contributed by atoms with Gasteiger partial charge in [0, 0.05) is 35.5 Å². The molecule has 1 aromatic carbocycles. The smallest absolute Gasteiger partial charge is 0.230 e. The van der Waals surface area contributed by atoms with Crippen molar-refractivity contribution in [2.24, 2.45) is 0 Å². The number of aromatic nitrogens is 3. The number of carbonyl (C=O) groups is 1. The number of hydrogen-bond acceptors (Lipinski definition) is 7. The van der Waals surface area contributed by atoms with E-state index in [4.69, 9.17) is 9.47 Å². The van der Waals surface area contributed by atoms with Crippen molar-refractivity contribution in [2.75, 3.05) is 12.4 Å². The van der Waals surface area contributed by atoms with Crippen molar-refractivity contribution >= 4 is 33.4 Å². The van der Waals surface area contributed by atoms with Gasteiger partial charge < -0.3 is 14.8 Å². The number of pyridine rings is 2. The molecule has 0 fully saturated rings. The summed E-state index contributed by atoms with van der Waals surface area (Å²) in [4.78, 5) is 25.2. The van der Waals surface area contributed by atoms with E-state index in [1.807, 2.05) is 30.5 Å². The SMILES string of the molecule is COc1cc(Oc2ccnc3cccnc23)ccc1CC(=O)Nc1nc(C)cs1. The number of nitrogens with zero attached hydrogens (tertiary/aromatic N) is 3. The van der Waals surface area contributed by atoms with E-state index in [0.29, 0.717) is 27.9 Å². The zero-order valence-corrected chi connectivity index (χ0v) is 16.7. The molecule has 0 aliphatic carbocycles. The Hall–Kier alpha value is -3.52. The zero-order valence-electron chi connectivity index (χ0n) is 15.9. The van der Waals surface area contributed by atoms with Crippen LogP contribution in [0.2, 0.25) is 0 Å². The number of thiazole rings is 1. The summed E-state index contributed by atoms with van der Waals surface area (Å²) in [6.45, 7) is 1.88. The highest BCUT2D eigenvalue weighted by Gasteiger charge is 2.13. The van der Waals surface area contributed by atoms with Crippen molar-refractivity contribution in [3.05, 3.63) is 65.4 Å². The van der Waals surface area contributed by atoms with Crippen LogP contribution in [-0.4, -0.2) is 28.0 Å². The molecule has 8 heteroatoms. The van der Waals surface area contributed by atoms with Gasteiger partial charge in [-0.3, -0.25) is 14.8 Å². The van der Waals surface area contributed by atoms with E-state index in [1.54, 1.807) is 37.7 Å². The topological polar surface area (TPSA) is 86.2 Å². The van der Waals surface area contributed by atoms with E-state index >= 15 is 0 Å². The molecule has 0 atom stereocenters. The van der Waals surface area contributed by atoms with E-state index in [-0.39, 0.29) is 12.3 Å². The van der Waals surface area contributed by atoms with Crippen LogP contribution in [0.15, 0.2) is 54.2 Å². The summed E-state index contributed by atoms with van der Waals surface area (Å²) in [7, 11) is 1.56. The number of nitrogens with one attached hydrogen (secondary N) is 1. The Labute approximate surface area is 171 Å². The monoisotopic (exact) mass is 406 g/mol. The van der Waals surface area contributed by atoms with Gasteiger partial charge >= 0.3 is 0 Å². The highest BCUT2D eigenvalue weighted by Crippen LogP contribution is 2.31. The predicted octanol–water partition coefficient (Wildman–Crippen LogP) is 4.38. The third-order valence-electron chi connectivity index (χ3n) is 4.16. The number of methoxy groups -OCH3 is 1. The summed E-state index contributed by atoms with van der Waals surface area (Å²) in [5, 5.41) is 5.28. The third-order valence-corrected chi connectivity index (χ3v) is 5.04. The molecule has 0 spiro atoms. The van der Waals surface area contributed by atoms with Gasteiger partial charge in [0.1, 0.15) is 17.0 Å². The Bertz CT molecular complexity index is 1170. The van der Waals surface area contributed by atoms with E-state index in [0.717, 1.165) is 16.8 Å². The predicted molar refractivity (Wildman–Crippen MR) is 112 cm³/mol. The zero-order chi connectivity index (χ0) is 20.2. The van der Waals surface area contributed by atoms with E-state index in [1.165, 1.54) is 11.3 Å². The lowest BCUT2D eigenvalue weighted by Crippen LogP contribution is -2.14. The number of anilines is 1. The minimum absolute atomic E-state index is 0.157. The molecule has 29 heavy (non-hydrogen) atoms. The number of rotatable bonds is 6. The first kappa shape index (κ1) is 18.8. The number of carbonyl (C=O) groups excluding carboxylic acids is 1. The van der Waals surface area contributed by atoms with Crippen LogP contribution >= 0.6 is 11.3 Å². The van der Waals surface area contributed by atoms with Gasteiger partial charge in [0.05, 0.1) is 24.7 Å². The molecule has 146 valence electrons. The molecule has 4 aromatic rings. The van der Waals surface area contributed by atoms with Crippen molar-refractivity contribution < 1.29 is 14.3 Å². The number of ether oxygens (including phenoxy) is 2. The second kappa shape index (κ2) is 8.24. The maximum atomic E-state index is 12.3. The summed E-state index contributed by atoms with van der Waals surface area (Å²) in [6, 6.07) is 10.8. The van der Waals surface area contributed by atoms with E-state index in [9.17, 15) is 4.79 Å². The Morgan fingerprint density at radius 3 is 2.83 bits per heavy atom. The van der Waals surface area contributed by atoms with Crippen molar-refractivity contribution in [3.63, 3.8) is 0 Å². The number of aryl methyl sites for hydroxylation is 1. The molecule has 3 heterocycles. The fourth-order valence-electron chi connectivity index (χ4n) is 2.85.